The molecule has 0 aliphatic carbocycles. The van der Waals surface area contributed by atoms with E-state index in [-0.39, 0.29) is 0 Å². The summed E-state index contributed by atoms with van der Waals surface area (Å²) in [7, 11) is 0. The maximum atomic E-state index is 6.34. The zero-order valence-corrected chi connectivity index (χ0v) is 18.4. The summed E-state index contributed by atoms with van der Waals surface area (Å²) >= 11 is 6.34. The number of aryl methyl sites for hydroxylation is 1. The average Bonchev–Trinajstić information content (AvgIpc) is 3.42. The predicted molar refractivity (Wildman–Crippen MR) is 131 cm³/mol. The molecule has 0 saturated carbocycles. The van der Waals surface area contributed by atoms with Gasteiger partial charge in [-0.2, -0.15) is 5.10 Å². The van der Waals surface area contributed by atoms with Crippen molar-refractivity contribution in [2.75, 3.05) is 11.4 Å². The Bertz CT molecular complexity index is 1440. The van der Waals surface area contributed by atoms with Crippen LogP contribution >= 0.6 is 11.6 Å². The number of halogens is 1. The highest BCUT2D eigenvalue weighted by Crippen LogP contribution is 2.44. The third-order valence-corrected chi connectivity index (χ3v) is 6.30. The van der Waals surface area contributed by atoms with Gasteiger partial charge in [0.1, 0.15) is 5.69 Å². The second kappa shape index (κ2) is 7.50. The number of rotatable bonds is 3. The number of benzene rings is 3. The maximum Gasteiger partial charge on any atom is 0.165 e. The average molecular weight is 437 g/mol. The molecular formula is C27H21ClN4. The molecule has 4 nitrogen and oxygen atoms in total. The fourth-order valence-electron chi connectivity index (χ4n) is 4.51. The third-order valence-electron chi connectivity index (χ3n) is 6.06. The van der Waals surface area contributed by atoms with Gasteiger partial charge < -0.3 is 4.90 Å². The fourth-order valence-corrected chi connectivity index (χ4v) is 4.69. The van der Waals surface area contributed by atoms with Crippen LogP contribution in [0.25, 0.3) is 28.0 Å². The van der Waals surface area contributed by atoms with E-state index < -0.39 is 0 Å². The molecule has 0 bridgehead atoms. The minimum absolute atomic E-state index is 0.736. The molecule has 5 heteroatoms. The molecule has 0 fully saturated rings. The first-order valence-electron chi connectivity index (χ1n) is 10.8. The van der Waals surface area contributed by atoms with Crippen LogP contribution in [0.4, 0.5) is 11.4 Å². The number of para-hydroxylation sites is 1. The van der Waals surface area contributed by atoms with Gasteiger partial charge in [-0.3, -0.25) is 0 Å². The third kappa shape index (κ3) is 3.07. The second-order valence-electron chi connectivity index (χ2n) is 8.17. The first-order chi connectivity index (χ1) is 15.7. The van der Waals surface area contributed by atoms with Gasteiger partial charge in [-0.1, -0.05) is 65.7 Å². The van der Waals surface area contributed by atoms with Gasteiger partial charge in [0.2, 0.25) is 0 Å². The largest absolute Gasteiger partial charge is 0.340 e. The Balaban J connectivity index is 1.66. The highest BCUT2D eigenvalue weighted by molar-refractivity contribution is 6.30. The monoisotopic (exact) mass is 436 g/mol. The van der Waals surface area contributed by atoms with Crippen molar-refractivity contribution in [1.82, 2.24) is 14.8 Å². The van der Waals surface area contributed by atoms with Crippen LogP contribution in [0, 0.1) is 6.92 Å². The summed E-state index contributed by atoms with van der Waals surface area (Å²) in [5.74, 6) is 0. The first-order valence-corrected chi connectivity index (χ1v) is 11.1. The Hall–Kier alpha value is -3.63. The van der Waals surface area contributed by atoms with Gasteiger partial charge in [-0.25, -0.2) is 9.67 Å². The zero-order valence-electron chi connectivity index (χ0n) is 17.7. The van der Waals surface area contributed by atoms with E-state index in [0.29, 0.717) is 0 Å². The van der Waals surface area contributed by atoms with Crippen molar-refractivity contribution >= 4 is 34.0 Å². The molecule has 0 amide bonds. The summed E-state index contributed by atoms with van der Waals surface area (Å²) in [6.07, 6.45) is 2.94. The maximum absolute atomic E-state index is 6.34. The van der Waals surface area contributed by atoms with E-state index >= 15 is 0 Å². The molecule has 0 unspecified atom stereocenters. The van der Waals surface area contributed by atoms with Crippen molar-refractivity contribution in [2.45, 2.75) is 13.3 Å². The van der Waals surface area contributed by atoms with Gasteiger partial charge in [0.25, 0.3) is 0 Å². The smallest absolute Gasteiger partial charge is 0.165 e. The van der Waals surface area contributed by atoms with Gasteiger partial charge in [0.15, 0.2) is 5.65 Å². The van der Waals surface area contributed by atoms with Gasteiger partial charge >= 0.3 is 0 Å². The number of pyridine rings is 1. The quantitative estimate of drug-likeness (QED) is 0.314. The summed E-state index contributed by atoms with van der Waals surface area (Å²) in [4.78, 5) is 7.23. The Kier molecular flexibility index (Phi) is 4.47. The fraction of sp³-hybridized carbons (Fsp3) is 0.111. The minimum Gasteiger partial charge on any atom is -0.340 e. The highest BCUT2D eigenvalue weighted by Gasteiger charge is 2.28. The lowest BCUT2D eigenvalue weighted by molar-refractivity contribution is 0.900. The summed E-state index contributed by atoms with van der Waals surface area (Å²) < 4.78 is 1.96. The molecule has 5 aromatic rings. The van der Waals surface area contributed by atoms with E-state index in [2.05, 4.69) is 54.3 Å². The molecule has 3 heterocycles. The van der Waals surface area contributed by atoms with Crippen molar-refractivity contribution in [1.29, 1.82) is 0 Å². The number of anilines is 2. The number of nitrogens with zero attached hydrogens (tertiary/aromatic N) is 4. The van der Waals surface area contributed by atoms with Crippen molar-refractivity contribution in [3.63, 3.8) is 0 Å². The number of hydrogen-bond donors (Lipinski definition) is 0. The van der Waals surface area contributed by atoms with Crippen LogP contribution in [0.15, 0.2) is 85.1 Å². The van der Waals surface area contributed by atoms with Crippen LogP contribution < -0.4 is 4.90 Å². The highest BCUT2D eigenvalue weighted by atomic mass is 35.5. The molecule has 32 heavy (non-hydrogen) atoms. The van der Waals surface area contributed by atoms with Gasteiger partial charge in [-0.05, 0) is 49.2 Å². The normalized spacial score (nSPS) is 13.0. The van der Waals surface area contributed by atoms with Gasteiger partial charge in [0.05, 0.1) is 16.8 Å². The van der Waals surface area contributed by atoms with Crippen LogP contribution in [-0.4, -0.2) is 21.3 Å². The minimum atomic E-state index is 0.736. The van der Waals surface area contributed by atoms with Crippen molar-refractivity contribution in [3.8, 4) is 16.9 Å². The predicted octanol–water partition coefficient (Wildman–Crippen LogP) is 6.74. The number of aromatic nitrogens is 3. The van der Waals surface area contributed by atoms with Crippen LogP contribution in [-0.2, 0) is 6.42 Å². The molecule has 0 spiro atoms. The van der Waals surface area contributed by atoms with Gasteiger partial charge in [-0.15, -0.1) is 0 Å². The summed E-state index contributed by atoms with van der Waals surface area (Å²) in [6.45, 7) is 2.99. The molecule has 1 aliphatic heterocycles. The van der Waals surface area contributed by atoms with Crippen molar-refractivity contribution in [2.24, 2.45) is 0 Å². The Labute approximate surface area is 191 Å². The molecule has 0 N–H and O–H groups in total. The van der Waals surface area contributed by atoms with E-state index in [9.17, 15) is 0 Å². The number of hydrogen-bond acceptors (Lipinski definition) is 3. The molecule has 1 aliphatic rings. The van der Waals surface area contributed by atoms with E-state index in [1.165, 1.54) is 16.8 Å². The Morgan fingerprint density at radius 3 is 2.44 bits per heavy atom. The SMILES string of the molecule is Cc1ccc(-c2nn(-c3ccccc3)c3ncc4c(c23)N(c2cccc(Cl)c2)CC4)cc1. The molecule has 156 valence electrons. The molecule has 0 saturated heterocycles. The van der Waals surface area contributed by atoms with Crippen LogP contribution in [0.2, 0.25) is 5.02 Å². The standard InChI is InChI=1S/C27H21ClN4/c1-18-10-12-19(13-11-18)25-24-26-20(14-15-31(26)23-9-5-6-21(28)16-23)17-29-27(24)32(30-25)22-7-3-2-4-8-22/h2-13,16-17H,14-15H2,1H3. The molecule has 0 atom stereocenters. The van der Waals surface area contributed by atoms with Crippen LogP contribution in [0.3, 0.4) is 0 Å². The van der Waals surface area contributed by atoms with E-state index in [4.69, 9.17) is 21.7 Å². The lowest BCUT2D eigenvalue weighted by Gasteiger charge is -2.21. The number of fused-ring (bicyclic) bond motifs is 3. The molecule has 3 aromatic carbocycles. The molecule has 2 aromatic heterocycles. The van der Waals surface area contributed by atoms with E-state index in [1.807, 2.05) is 47.3 Å². The molecule has 6 rings (SSSR count). The Morgan fingerprint density at radius 2 is 1.66 bits per heavy atom. The van der Waals surface area contributed by atoms with Crippen molar-refractivity contribution in [3.05, 3.63) is 101 Å². The Morgan fingerprint density at radius 1 is 0.875 bits per heavy atom. The first kappa shape index (κ1) is 19.1. The van der Waals surface area contributed by atoms with Crippen LogP contribution in [0.5, 0.6) is 0 Å². The van der Waals surface area contributed by atoms with E-state index in [1.54, 1.807) is 0 Å². The lowest BCUT2D eigenvalue weighted by Crippen LogP contribution is -2.13. The van der Waals surface area contributed by atoms with Gasteiger partial charge in [0, 0.05) is 29.0 Å². The molecular weight excluding hydrogens is 416 g/mol. The summed E-state index contributed by atoms with van der Waals surface area (Å²) in [5.41, 5.74) is 8.62. The lowest BCUT2D eigenvalue weighted by atomic mass is 10.0. The summed E-state index contributed by atoms with van der Waals surface area (Å²) in [5, 5.41) is 6.90. The second-order valence-corrected chi connectivity index (χ2v) is 8.61. The summed E-state index contributed by atoms with van der Waals surface area (Å²) in [6, 6.07) is 26.8. The van der Waals surface area contributed by atoms with Crippen LogP contribution in [0.1, 0.15) is 11.1 Å². The topological polar surface area (TPSA) is 34.0 Å². The van der Waals surface area contributed by atoms with E-state index in [0.717, 1.165) is 51.7 Å². The van der Waals surface area contributed by atoms with Crippen molar-refractivity contribution < 1.29 is 0 Å². The zero-order chi connectivity index (χ0) is 21.7. The molecule has 0 radical (unpaired) electrons.